The Morgan fingerprint density at radius 3 is 3.00 bits per heavy atom. The van der Waals surface area contributed by atoms with Gasteiger partial charge in [0, 0.05) is 17.5 Å². The molecule has 3 nitrogen and oxygen atoms in total. The van der Waals surface area contributed by atoms with Crippen LogP contribution in [0.1, 0.15) is 6.92 Å². The molecule has 0 saturated heterocycles. The molecule has 1 aromatic carbocycles. The molecule has 0 aromatic heterocycles. The predicted octanol–water partition coefficient (Wildman–Crippen LogP) is 2.74. The van der Waals surface area contributed by atoms with Crippen molar-refractivity contribution in [1.82, 2.24) is 0 Å². The van der Waals surface area contributed by atoms with Gasteiger partial charge in [0.05, 0.1) is 13.2 Å². The number of thioether (sulfide) groups is 1. The fraction of sp³-hybridized carbons (Fsp3) is 0.364. The number of nitrogens with zero attached hydrogens (tertiary/aromatic N) is 1. The molecular weight excluding hydrogens is 227 g/mol. The van der Waals surface area contributed by atoms with Crippen LogP contribution in [0.4, 0.5) is 10.1 Å². The van der Waals surface area contributed by atoms with Gasteiger partial charge < -0.3 is 10.1 Å². The van der Waals surface area contributed by atoms with Gasteiger partial charge in [-0.15, -0.1) is 0 Å². The summed E-state index contributed by atoms with van der Waals surface area (Å²) in [5.41, 5.74) is 0.790. The summed E-state index contributed by atoms with van der Waals surface area (Å²) in [6.07, 6.45) is 0. The molecular formula is C11H13FN2OS. The lowest BCUT2D eigenvalue weighted by Crippen LogP contribution is -2.05. The average Bonchev–Trinajstić information content (AvgIpc) is 2.67. The van der Waals surface area contributed by atoms with Crippen LogP contribution in [-0.2, 0) is 0 Å². The zero-order valence-electron chi connectivity index (χ0n) is 9.16. The second-order valence-electron chi connectivity index (χ2n) is 3.57. The number of nitrogens with one attached hydrogen (secondary N) is 1. The second-order valence-corrected chi connectivity index (χ2v) is 4.58. The van der Waals surface area contributed by atoms with E-state index in [9.17, 15) is 4.39 Å². The number of methoxy groups -OCH3 is 1. The third kappa shape index (κ3) is 2.47. The van der Waals surface area contributed by atoms with Crippen LogP contribution in [0, 0.1) is 5.82 Å². The first-order chi connectivity index (χ1) is 7.69. The third-order valence-corrected chi connectivity index (χ3v) is 3.33. The topological polar surface area (TPSA) is 33.6 Å². The Labute approximate surface area is 98.1 Å². The molecule has 0 amide bonds. The fourth-order valence-electron chi connectivity index (χ4n) is 1.40. The van der Waals surface area contributed by atoms with E-state index < -0.39 is 0 Å². The fourth-order valence-corrected chi connectivity index (χ4v) is 2.32. The summed E-state index contributed by atoms with van der Waals surface area (Å²) >= 11 is 1.67. The van der Waals surface area contributed by atoms with Crippen molar-refractivity contribution in [2.24, 2.45) is 4.99 Å². The molecule has 2 rings (SSSR count). The van der Waals surface area contributed by atoms with Crippen LogP contribution >= 0.6 is 11.8 Å². The van der Waals surface area contributed by atoms with Gasteiger partial charge in [-0.25, -0.2) is 4.39 Å². The van der Waals surface area contributed by atoms with E-state index in [4.69, 9.17) is 4.74 Å². The van der Waals surface area contributed by atoms with Crippen molar-refractivity contribution in [3.05, 3.63) is 24.0 Å². The zero-order valence-corrected chi connectivity index (χ0v) is 9.97. The van der Waals surface area contributed by atoms with Crippen molar-refractivity contribution in [1.29, 1.82) is 0 Å². The molecule has 1 N–H and O–H groups in total. The molecule has 1 unspecified atom stereocenters. The van der Waals surface area contributed by atoms with Gasteiger partial charge in [-0.2, -0.15) is 0 Å². The summed E-state index contributed by atoms with van der Waals surface area (Å²) in [5.74, 6) is 0.866. The Morgan fingerprint density at radius 2 is 2.38 bits per heavy atom. The summed E-state index contributed by atoms with van der Waals surface area (Å²) in [4.78, 5) is 4.40. The Hall–Kier alpha value is -1.23. The van der Waals surface area contributed by atoms with Crippen molar-refractivity contribution in [3.8, 4) is 5.75 Å². The quantitative estimate of drug-likeness (QED) is 0.863. The molecule has 1 aliphatic rings. The van der Waals surface area contributed by atoms with Crippen LogP contribution in [-0.4, -0.2) is 24.1 Å². The first-order valence-corrected chi connectivity index (χ1v) is 5.99. The van der Waals surface area contributed by atoms with Crippen molar-refractivity contribution in [2.45, 2.75) is 13.0 Å². The first-order valence-electron chi connectivity index (χ1n) is 5.00. The molecule has 0 spiro atoms. The lowest BCUT2D eigenvalue weighted by Gasteiger charge is -2.07. The summed E-state index contributed by atoms with van der Waals surface area (Å²) in [6.45, 7) is 2.06. The molecule has 1 aliphatic heterocycles. The summed E-state index contributed by atoms with van der Waals surface area (Å²) < 4.78 is 18.1. The minimum atomic E-state index is -0.359. The van der Waals surface area contributed by atoms with Gasteiger partial charge in [-0.1, -0.05) is 11.8 Å². The van der Waals surface area contributed by atoms with Gasteiger partial charge in [-0.05, 0) is 19.1 Å². The number of rotatable bonds is 2. The van der Waals surface area contributed by atoms with E-state index in [1.807, 2.05) is 0 Å². The van der Waals surface area contributed by atoms with Crippen LogP contribution in [0.2, 0.25) is 0 Å². The monoisotopic (exact) mass is 240 g/mol. The second kappa shape index (κ2) is 4.74. The van der Waals surface area contributed by atoms with Gasteiger partial charge in [0.2, 0.25) is 0 Å². The Morgan fingerprint density at radius 1 is 1.56 bits per heavy atom. The highest BCUT2D eigenvalue weighted by atomic mass is 32.2. The number of hydrogen-bond acceptors (Lipinski definition) is 4. The van der Waals surface area contributed by atoms with Gasteiger partial charge >= 0.3 is 0 Å². The maximum atomic E-state index is 13.2. The van der Waals surface area contributed by atoms with E-state index in [2.05, 4.69) is 17.2 Å². The molecule has 5 heteroatoms. The highest BCUT2D eigenvalue weighted by Crippen LogP contribution is 2.24. The van der Waals surface area contributed by atoms with Gasteiger partial charge in [0.1, 0.15) is 0 Å². The van der Waals surface area contributed by atoms with E-state index in [0.717, 1.165) is 16.6 Å². The van der Waals surface area contributed by atoms with Crippen LogP contribution in [0.25, 0.3) is 0 Å². The van der Waals surface area contributed by atoms with Crippen molar-refractivity contribution >= 4 is 22.6 Å². The standard InChI is InChI=1S/C11H13FN2OS/c1-7-6-16-11(13-7)14-8-3-4-9(12)10(5-8)15-2/h3-5,7H,6H2,1-2H3,(H,13,14). The van der Waals surface area contributed by atoms with Crippen LogP contribution in [0.5, 0.6) is 5.75 Å². The summed E-state index contributed by atoms with van der Waals surface area (Å²) in [6, 6.07) is 5.02. The lowest BCUT2D eigenvalue weighted by atomic mass is 10.3. The molecule has 0 bridgehead atoms. The summed E-state index contributed by atoms with van der Waals surface area (Å²) in [5, 5.41) is 4.02. The molecule has 1 heterocycles. The Kier molecular flexibility index (Phi) is 3.33. The molecule has 1 aromatic rings. The SMILES string of the molecule is COc1cc(NC2=NC(C)CS2)ccc1F. The highest BCUT2D eigenvalue weighted by Gasteiger charge is 2.14. The zero-order chi connectivity index (χ0) is 11.5. The van der Waals surface area contributed by atoms with Crippen molar-refractivity contribution in [3.63, 3.8) is 0 Å². The molecule has 0 radical (unpaired) electrons. The molecule has 86 valence electrons. The number of ether oxygens (including phenoxy) is 1. The smallest absolute Gasteiger partial charge is 0.165 e. The predicted molar refractivity (Wildman–Crippen MR) is 65.9 cm³/mol. The number of anilines is 1. The maximum Gasteiger partial charge on any atom is 0.165 e. The van der Waals surface area contributed by atoms with Gasteiger partial charge in [-0.3, -0.25) is 4.99 Å². The van der Waals surface area contributed by atoms with E-state index in [-0.39, 0.29) is 11.6 Å². The Balaban J connectivity index is 2.13. The first kappa shape index (κ1) is 11.3. The van der Waals surface area contributed by atoms with Crippen LogP contribution in [0.15, 0.2) is 23.2 Å². The molecule has 0 aliphatic carbocycles. The largest absolute Gasteiger partial charge is 0.494 e. The van der Waals surface area contributed by atoms with E-state index in [0.29, 0.717) is 6.04 Å². The minimum Gasteiger partial charge on any atom is -0.494 e. The third-order valence-electron chi connectivity index (χ3n) is 2.20. The number of amidine groups is 1. The normalized spacial score (nSPS) is 19.4. The number of halogens is 1. The minimum absolute atomic E-state index is 0.238. The van der Waals surface area contributed by atoms with Gasteiger partial charge in [0.15, 0.2) is 16.7 Å². The number of aliphatic imine (C=N–C) groups is 1. The Bertz CT molecular complexity index is 422. The average molecular weight is 240 g/mol. The summed E-state index contributed by atoms with van der Waals surface area (Å²) in [7, 11) is 1.45. The highest BCUT2D eigenvalue weighted by molar-refractivity contribution is 8.14. The van der Waals surface area contributed by atoms with E-state index in [1.165, 1.54) is 13.2 Å². The number of hydrogen-bond donors (Lipinski definition) is 1. The van der Waals surface area contributed by atoms with Crippen molar-refractivity contribution in [2.75, 3.05) is 18.2 Å². The van der Waals surface area contributed by atoms with Crippen molar-refractivity contribution < 1.29 is 9.13 Å². The maximum absolute atomic E-state index is 13.2. The lowest BCUT2D eigenvalue weighted by molar-refractivity contribution is 0.387. The molecule has 1 atom stereocenters. The number of benzene rings is 1. The van der Waals surface area contributed by atoms with Gasteiger partial charge in [0.25, 0.3) is 0 Å². The van der Waals surface area contributed by atoms with E-state index in [1.54, 1.807) is 23.9 Å². The van der Waals surface area contributed by atoms with Crippen LogP contribution < -0.4 is 10.1 Å². The molecule has 16 heavy (non-hydrogen) atoms. The van der Waals surface area contributed by atoms with Crippen LogP contribution in [0.3, 0.4) is 0 Å². The molecule has 0 fully saturated rings. The molecule has 0 saturated carbocycles. The van der Waals surface area contributed by atoms with E-state index >= 15 is 0 Å².